The van der Waals surface area contributed by atoms with E-state index in [1.807, 2.05) is 0 Å². The number of carbonyl (C=O) groups excluding carboxylic acids is 3. The number of rotatable bonds is 4. The van der Waals surface area contributed by atoms with Gasteiger partial charge in [-0.05, 0) is 6.42 Å². The second-order valence-electron chi connectivity index (χ2n) is 4.19. The molecular weight excluding hydrogens is 262 g/mol. The Morgan fingerprint density at radius 3 is 2.33 bits per heavy atom. The minimum Gasteiger partial charge on any atom is -0.323 e. The lowest BCUT2D eigenvalue weighted by Gasteiger charge is -2.27. The van der Waals surface area contributed by atoms with Gasteiger partial charge >= 0.3 is 0 Å². The number of imide groups is 1. The summed E-state index contributed by atoms with van der Waals surface area (Å²) < 4.78 is 21.9. The molecule has 8 nitrogen and oxygen atoms in total. The molecule has 3 N–H and O–H groups in total. The normalized spacial score (nSPS) is 18.4. The van der Waals surface area contributed by atoms with Gasteiger partial charge in [-0.25, -0.2) is 8.42 Å². The molecule has 1 fully saturated rings. The number of nitrogens with zero attached hydrogens (tertiary/aromatic N) is 1. The van der Waals surface area contributed by atoms with Crippen LogP contribution in [-0.2, 0) is 24.2 Å². The average Bonchev–Trinajstić information content (AvgIpc) is 2.22. The average molecular weight is 277 g/mol. The monoisotopic (exact) mass is 277 g/mol. The van der Waals surface area contributed by atoms with Crippen molar-refractivity contribution in [2.45, 2.75) is 12.5 Å². The van der Waals surface area contributed by atoms with Gasteiger partial charge in [0.2, 0.25) is 17.7 Å². The highest BCUT2D eigenvalue weighted by molar-refractivity contribution is 7.90. The summed E-state index contributed by atoms with van der Waals surface area (Å²) in [4.78, 5) is 34.9. The Morgan fingerprint density at radius 1 is 1.39 bits per heavy atom. The van der Waals surface area contributed by atoms with Crippen molar-refractivity contribution >= 4 is 27.6 Å². The van der Waals surface area contributed by atoms with Gasteiger partial charge in [0.15, 0.2) is 0 Å². The summed E-state index contributed by atoms with van der Waals surface area (Å²) in [5.41, 5.74) is 5.55. The van der Waals surface area contributed by atoms with Gasteiger partial charge in [-0.1, -0.05) is 0 Å². The van der Waals surface area contributed by atoms with E-state index in [0.717, 1.165) is 11.2 Å². The first kappa shape index (κ1) is 14.6. The number of hydrogen-bond donors (Lipinski definition) is 2. The van der Waals surface area contributed by atoms with Crippen molar-refractivity contribution < 1.29 is 22.8 Å². The van der Waals surface area contributed by atoms with Gasteiger partial charge in [0.1, 0.15) is 22.9 Å². The van der Waals surface area contributed by atoms with Crippen molar-refractivity contribution in [1.29, 1.82) is 0 Å². The molecule has 0 saturated carbocycles. The van der Waals surface area contributed by atoms with E-state index in [9.17, 15) is 22.8 Å². The van der Waals surface area contributed by atoms with Gasteiger partial charge < -0.3 is 10.6 Å². The van der Waals surface area contributed by atoms with Crippen LogP contribution in [0.4, 0.5) is 0 Å². The minimum absolute atomic E-state index is 0.0377. The number of piperazine rings is 1. The molecule has 1 rings (SSSR count). The van der Waals surface area contributed by atoms with E-state index in [0.29, 0.717) is 0 Å². The maximum absolute atomic E-state index is 11.8. The highest BCUT2D eigenvalue weighted by Gasteiger charge is 2.29. The fourth-order valence-corrected chi connectivity index (χ4v) is 2.17. The van der Waals surface area contributed by atoms with Crippen LogP contribution < -0.4 is 11.1 Å². The standard InChI is InChI=1S/C9H15N3O5S/c1-18(16,17)3-2-6(10)9(15)12-4-7(13)11-8(14)5-12/h6H,2-5,10H2,1H3,(H,11,13,14). The van der Waals surface area contributed by atoms with Gasteiger partial charge in [0.25, 0.3) is 0 Å². The third-order valence-electron chi connectivity index (χ3n) is 2.38. The van der Waals surface area contributed by atoms with E-state index in [2.05, 4.69) is 5.32 Å². The largest absolute Gasteiger partial charge is 0.323 e. The van der Waals surface area contributed by atoms with Crippen molar-refractivity contribution in [3.05, 3.63) is 0 Å². The Balaban J connectivity index is 2.58. The summed E-state index contributed by atoms with van der Waals surface area (Å²) >= 11 is 0. The molecule has 0 radical (unpaired) electrons. The molecular formula is C9H15N3O5S. The molecule has 9 heteroatoms. The van der Waals surface area contributed by atoms with Crippen molar-refractivity contribution in [1.82, 2.24) is 10.2 Å². The first-order valence-electron chi connectivity index (χ1n) is 5.24. The van der Waals surface area contributed by atoms with E-state index < -0.39 is 33.6 Å². The van der Waals surface area contributed by atoms with E-state index in [1.54, 1.807) is 0 Å². The van der Waals surface area contributed by atoms with Crippen molar-refractivity contribution in [3.63, 3.8) is 0 Å². The quantitative estimate of drug-likeness (QED) is 0.536. The molecule has 1 heterocycles. The minimum atomic E-state index is -3.20. The van der Waals surface area contributed by atoms with E-state index in [-0.39, 0.29) is 25.3 Å². The molecule has 0 aromatic carbocycles. The summed E-state index contributed by atoms with van der Waals surface area (Å²) in [6.45, 7) is -0.478. The van der Waals surface area contributed by atoms with Crippen molar-refractivity contribution in [2.75, 3.05) is 25.1 Å². The van der Waals surface area contributed by atoms with E-state index in [4.69, 9.17) is 5.73 Å². The lowest BCUT2D eigenvalue weighted by molar-refractivity contribution is -0.146. The zero-order valence-electron chi connectivity index (χ0n) is 9.88. The van der Waals surface area contributed by atoms with Gasteiger partial charge in [0, 0.05) is 6.26 Å². The third-order valence-corrected chi connectivity index (χ3v) is 3.35. The topological polar surface area (TPSA) is 127 Å². The number of sulfone groups is 1. The van der Waals surface area contributed by atoms with Crippen LogP contribution in [0.3, 0.4) is 0 Å². The molecule has 1 saturated heterocycles. The number of amides is 3. The molecule has 0 aromatic rings. The first-order valence-corrected chi connectivity index (χ1v) is 7.30. The zero-order valence-corrected chi connectivity index (χ0v) is 10.7. The second-order valence-corrected chi connectivity index (χ2v) is 6.45. The third kappa shape index (κ3) is 4.41. The first-order chi connectivity index (χ1) is 8.19. The van der Waals surface area contributed by atoms with Crippen LogP contribution in [0.5, 0.6) is 0 Å². The smallest absolute Gasteiger partial charge is 0.246 e. The molecule has 0 aliphatic carbocycles. The summed E-state index contributed by atoms with van der Waals surface area (Å²) in [7, 11) is -3.20. The lowest BCUT2D eigenvalue weighted by atomic mass is 10.2. The van der Waals surface area contributed by atoms with Gasteiger partial charge in [-0.2, -0.15) is 0 Å². The summed E-state index contributed by atoms with van der Waals surface area (Å²) in [5, 5.41) is 2.05. The number of nitrogens with one attached hydrogen (secondary N) is 1. The summed E-state index contributed by atoms with van der Waals surface area (Å²) in [5.74, 6) is -1.96. The maximum Gasteiger partial charge on any atom is 0.246 e. The Hall–Kier alpha value is -1.48. The molecule has 18 heavy (non-hydrogen) atoms. The lowest BCUT2D eigenvalue weighted by Crippen LogP contribution is -2.56. The molecule has 1 atom stereocenters. The molecule has 102 valence electrons. The fourth-order valence-electron chi connectivity index (χ4n) is 1.49. The van der Waals surface area contributed by atoms with Crippen LogP contribution >= 0.6 is 0 Å². The Bertz CT molecular complexity index is 457. The molecule has 3 amide bonds. The van der Waals surface area contributed by atoms with Crippen LogP contribution in [0.15, 0.2) is 0 Å². The highest BCUT2D eigenvalue weighted by Crippen LogP contribution is 2.02. The van der Waals surface area contributed by atoms with Crippen LogP contribution in [0.1, 0.15) is 6.42 Å². The van der Waals surface area contributed by atoms with E-state index in [1.165, 1.54) is 0 Å². The second kappa shape index (κ2) is 5.44. The van der Waals surface area contributed by atoms with E-state index >= 15 is 0 Å². The number of nitrogens with two attached hydrogens (primary N) is 1. The van der Waals surface area contributed by atoms with Gasteiger partial charge in [0.05, 0.1) is 11.8 Å². The molecule has 1 aliphatic rings. The summed E-state index contributed by atoms with van der Waals surface area (Å²) in [6.07, 6.45) is 1.01. The highest BCUT2D eigenvalue weighted by atomic mass is 32.2. The SMILES string of the molecule is CS(=O)(=O)CCC(N)C(=O)N1CC(=O)NC(=O)C1. The molecule has 1 aliphatic heterocycles. The molecule has 0 spiro atoms. The van der Waals surface area contributed by atoms with Crippen molar-refractivity contribution in [2.24, 2.45) is 5.73 Å². The van der Waals surface area contributed by atoms with Crippen molar-refractivity contribution in [3.8, 4) is 0 Å². The summed E-state index contributed by atoms with van der Waals surface area (Å²) in [6, 6.07) is -1.03. The Kier molecular flexibility index (Phi) is 4.41. The van der Waals surface area contributed by atoms with Crippen LogP contribution in [0.25, 0.3) is 0 Å². The predicted octanol–water partition coefficient (Wildman–Crippen LogP) is -2.77. The molecule has 0 bridgehead atoms. The Labute approximate surface area is 104 Å². The zero-order chi connectivity index (χ0) is 13.9. The number of hydrogen-bond acceptors (Lipinski definition) is 6. The van der Waals surface area contributed by atoms with Crippen LogP contribution in [-0.4, -0.2) is 62.2 Å². The number of carbonyl (C=O) groups is 3. The molecule has 0 aromatic heterocycles. The Morgan fingerprint density at radius 2 is 1.89 bits per heavy atom. The van der Waals surface area contributed by atoms with Crippen LogP contribution in [0, 0.1) is 0 Å². The fraction of sp³-hybridized carbons (Fsp3) is 0.667. The van der Waals surface area contributed by atoms with Gasteiger partial charge in [-0.3, -0.25) is 19.7 Å². The maximum atomic E-state index is 11.8. The molecule has 1 unspecified atom stereocenters. The predicted molar refractivity (Wildman–Crippen MR) is 62.0 cm³/mol. The van der Waals surface area contributed by atoms with Crippen LogP contribution in [0.2, 0.25) is 0 Å². The van der Waals surface area contributed by atoms with Gasteiger partial charge in [-0.15, -0.1) is 0 Å².